The highest BCUT2D eigenvalue weighted by atomic mass is 35.5. The molecule has 0 saturated heterocycles. The highest BCUT2D eigenvalue weighted by Crippen LogP contribution is 2.27. The van der Waals surface area contributed by atoms with Gasteiger partial charge in [-0.05, 0) is 43.3 Å². The minimum atomic E-state index is 0.0132. The fraction of sp³-hybridized carbons (Fsp3) is 0.222. The Bertz CT molecular complexity index is 887. The number of amides is 1. The number of aromatic nitrogens is 2. The molecule has 3 aromatic rings. The van der Waals surface area contributed by atoms with E-state index < -0.39 is 0 Å². The molecule has 0 spiro atoms. The van der Waals surface area contributed by atoms with Crippen molar-refractivity contribution in [1.29, 1.82) is 0 Å². The number of carbonyl (C=O) groups excluding carboxylic acids is 1. The van der Waals surface area contributed by atoms with Crippen molar-refractivity contribution in [2.45, 2.75) is 13.3 Å². The Morgan fingerprint density at radius 1 is 1.25 bits per heavy atom. The maximum absolute atomic E-state index is 12.4. The third kappa shape index (κ3) is 3.08. The number of nitrogens with zero attached hydrogens (tertiary/aromatic N) is 3. The average Bonchev–Trinajstić information content (AvgIpc) is 2.92. The number of aromatic hydroxyl groups is 1. The number of imidazole rings is 1. The molecule has 0 aliphatic carbocycles. The summed E-state index contributed by atoms with van der Waals surface area (Å²) in [6.45, 7) is 2.58. The van der Waals surface area contributed by atoms with Gasteiger partial charge >= 0.3 is 0 Å². The van der Waals surface area contributed by atoms with E-state index in [1.165, 1.54) is 0 Å². The molecule has 1 amide bonds. The molecule has 5 nitrogen and oxygen atoms in total. The van der Waals surface area contributed by atoms with Crippen LogP contribution in [0, 0.1) is 0 Å². The molecule has 0 saturated carbocycles. The van der Waals surface area contributed by atoms with Crippen molar-refractivity contribution in [2.75, 3.05) is 13.6 Å². The van der Waals surface area contributed by atoms with Crippen molar-refractivity contribution in [1.82, 2.24) is 14.3 Å². The van der Waals surface area contributed by atoms with Gasteiger partial charge in [0.2, 0.25) is 5.91 Å². The van der Waals surface area contributed by atoms with E-state index in [2.05, 4.69) is 4.98 Å². The van der Waals surface area contributed by atoms with E-state index in [1.54, 1.807) is 48.5 Å². The molecular weight excluding hydrogens is 326 g/mol. The molecule has 0 fully saturated rings. The van der Waals surface area contributed by atoms with E-state index in [1.807, 2.05) is 17.4 Å². The van der Waals surface area contributed by atoms with Crippen LogP contribution in [0.15, 0.2) is 42.6 Å². The summed E-state index contributed by atoms with van der Waals surface area (Å²) in [5.74, 6) is 0.202. The molecule has 1 aromatic carbocycles. The van der Waals surface area contributed by atoms with Crippen LogP contribution in [0.25, 0.3) is 16.9 Å². The Morgan fingerprint density at radius 3 is 2.62 bits per heavy atom. The minimum absolute atomic E-state index is 0.0132. The molecule has 2 aromatic heterocycles. The van der Waals surface area contributed by atoms with E-state index in [9.17, 15) is 9.90 Å². The van der Waals surface area contributed by atoms with Crippen LogP contribution < -0.4 is 0 Å². The summed E-state index contributed by atoms with van der Waals surface area (Å²) in [6.07, 6.45) is 1.99. The topological polar surface area (TPSA) is 57.8 Å². The first kappa shape index (κ1) is 16.3. The summed E-state index contributed by atoms with van der Waals surface area (Å²) in [5, 5.41) is 10.1. The summed E-state index contributed by atoms with van der Waals surface area (Å²) in [6, 6.07) is 10.4. The molecule has 0 atom stereocenters. The van der Waals surface area contributed by atoms with Crippen LogP contribution in [-0.4, -0.2) is 38.9 Å². The Balaban J connectivity index is 2.15. The normalized spacial score (nSPS) is 11.0. The molecule has 3 rings (SSSR count). The Morgan fingerprint density at radius 2 is 1.96 bits per heavy atom. The molecule has 124 valence electrons. The second kappa shape index (κ2) is 6.53. The fourth-order valence-corrected chi connectivity index (χ4v) is 2.70. The zero-order chi connectivity index (χ0) is 17.3. The first-order valence-electron chi connectivity index (χ1n) is 7.69. The van der Waals surface area contributed by atoms with E-state index in [-0.39, 0.29) is 18.1 Å². The van der Waals surface area contributed by atoms with Gasteiger partial charge in [-0.1, -0.05) is 11.6 Å². The number of fused-ring (bicyclic) bond motifs is 1. The molecule has 2 heterocycles. The van der Waals surface area contributed by atoms with E-state index in [0.29, 0.717) is 11.6 Å². The van der Waals surface area contributed by atoms with Gasteiger partial charge in [0.1, 0.15) is 11.4 Å². The molecule has 0 aliphatic heterocycles. The standard InChI is InChI=1S/C18H18ClN3O2/c1-3-21(2)17(24)10-15-18(12-4-7-14(23)8-5-12)20-16-9-6-13(19)11-22(15)16/h4-9,11,23H,3,10H2,1-2H3. The van der Waals surface area contributed by atoms with Crippen LogP contribution in [-0.2, 0) is 11.2 Å². The molecule has 0 bridgehead atoms. The van der Waals surface area contributed by atoms with Gasteiger partial charge in [0.15, 0.2) is 0 Å². The van der Waals surface area contributed by atoms with Crippen molar-refractivity contribution in [3.05, 3.63) is 53.3 Å². The number of hydrogen-bond donors (Lipinski definition) is 1. The average molecular weight is 344 g/mol. The number of phenols is 1. The van der Waals surface area contributed by atoms with Gasteiger partial charge in [-0.25, -0.2) is 4.98 Å². The Kier molecular flexibility index (Phi) is 4.44. The predicted octanol–water partition coefficient (Wildman–Crippen LogP) is 3.38. The smallest absolute Gasteiger partial charge is 0.228 e. The van der Waals surface area contributed by atoms with Crippen molar-refractivity contribution in [3.8, 4) is 17.0 Å². The zero-order valence-electron chi connectivity index (χ0n) is 13.5. The van der Waals surface area contributed by atoms with Crippen LogP contribution >= 0.6 is 11.6 Å². The minimum Gasteiger partial charge on any atom is -0.508 e. The van der Waals surface area contributed by atoms with Crippen molar-refractivity contribution in [2.24, 2.45) is 0 Å². The number of rotatable bonds is 4. The van der Waals surface area contributed by atoms with Crippen LogP contribution in [0.5, 0.6) is 5.75 Å². The Hall–Kier alpha value is -2.53. The number of benzene rings is 1. The molecular formula is C18H18ClN3O2. The second-order valence-corrected chi connectivity index (χ2v) is 6.05. The molecule has 1 N–H and O–H groups in total. The van der Waals surface area contributed by atoms with Gasteiger partial charge in [0.05, 0.1) is 22.8 Å². The fourth-order valence-electron chi connectivity index (χ4n) is 2.54. The highest BCUT2D eigenvalue weighted by molar-refractivity contribution is 6.30. The van der Waals surface area contributed by atoms with Crippen LogP contribution in [0.2, 0.25) is 5.02 Å². The number of likely N-dealkylation sites (N-methyl/N-ethyl adjacent to an activating group) is 1. The van der Waals surface area contributed by atoms with Crippen LogP contribution in [0.3, 0.4) is 0 Å². The summed E-state index contributed by atoms with van der Waals surface area (Å²) in [4.78, 5) is 18.7. The first-order chi connectivity index (χ1) is 11.5. The lowest BCUT2D eigenvalue weighted by molar-refractivity contribution is -0.129. The number of halogens is 1. The first-order valence-corrected chi connectivity index (χ1v) is 8.07. The molecule has 6 heteroatoms. The number of hydrogen-bond acceptors (Lipinski definition) is 3. The van der Waals surface area contributed by atoms with Crippen molar-refractivity contribution in [3.63, 3.8) is 0 Å². The maximum atomic E-state index is 12.4. The third-order valence-electron chi connectivity index (χ3n) is 4.04. The largest absolute Gasteiger partial charge is 0.508 e. The molecule has 0 unspecified atom stereocenters. The molecule has 0 aliphatic rings. The van der Waals surface area contributed by atoms with Gasteiger partial charge < -0.3 is 14.4 Å². The van der Waals surface area contributed by atoms with Crippen LogP contribution in [0.4, 0.5) is 0 Å². The van der Waals surface area contributed by atoms with E-state index >= 15 is 0 Å². The number of pyridine rings is 1. The van der Waals surface area contributed by atoms with Gasteiger partial charge in [-0.2, -0.15) is 0 Å². The van der Waals surface area contributed by atoms with E-state index in [0.717, 1.165) is 22.6 Å². The second-order valence-electron chi connectivity index (χ2n) is 5.61. The summed E-state index contributed by atoms with van der Waals surface area (Å²) >= 11 is 6.12. The highest BCUT2D eigenvalue weighted by Gasteiger charge is 2.19. The van der Waals surface area contributed by atoms with Gasteiger partial charge in [0.25, 0.3) is 0 Å². The summed E-state index contributed by atoms with van der Waals surface area (Å²) < 4.78 is 1.85. The van der Waals surface area contributed by atoms with Gasteiger partial charge in [-0.3, -0.25) is 4.79 Å². The van der Waals surface area contributed by atoms with E-state index in [4.69, 9.17) is 11.6 Å². The Labute approximate surface area is 145 Å². The predicted molar refractivity (Wildman–Crippen MR) is 94.3 cm³/mol. The lowest BCUT2D eigenvalue weighted by Crippen LogP contribution is -2.28. The number of phenolic OH excluding ortho intramolecular Hbond substituents is 1. The lowest BCUT2D eigenvalue weighted by Gasteiger charge is -2.15. The zero-order valence-corrected chi connectivity index (χ0v) is 14.3. The van der Waals surface area contributed by atoms with Gasteiger partial charge in [0, 0.05) is 25.4 Å². The van der Waals surface area contributed by atoms with Crippen LogP contribution in [0.1, 0.15) is 12.6 Å². The quantitative estimate of drug-likeness (QED) is 0.790. The van der Waals surface area contributed by atoms with Crippen molar-refractivity contribution >= 4 is 23.2 Å². The maximum Gasteiger partial charge on any atom is 0.228 e. The summed E-state index contributed by atoms with van der Waals surface area (Å²) in [5.41, 5.74) is 3.07. The molecule has 24 heavy (non-hydrogen) atoms. The monoisotopic (exact) mass is 343 g/mol. The third-order valence-corrected chi connectivity index (χ3v) is 4.26. The van der Waals surface area contributed by atoms with Crippen molar-refractivity contribution < 1.29 is 9.90 Å². The lowest BCUT2D eigenvalue weighted by atomic mass is 10.1. The summed E-state index contributed by atoms with van der Waals surface area (Å²) in [7, 11) is 1.78. The number of carbonyl (C=O) groups is 1. The SMILES string of the molecule is CCN(C)C(=O)Cc1c(-c2ccc(O)cc2)nc2ccc(Cl)cn12. The van der Waals surface area contributed by atoms with Gasteiger partial charge in [-0.15, -0.1) is 0 Å². The molecule has 0 radical (unpaired) electrons.